The molecule has 21 heavy (non-hydrogen) atoms. The van der Waals surface area contributed by atoms with Gasteiger partial charge >= 0.3 is 6.09 Å². The zero-order chi connectivity index (χ0) is 15.0. The first-order valence-electron chi connectivity index (χ1n) is 7.15. The largest absolute Gasteiger partial charge is 0.465 e. The third-order valence-corrected chi connectivity index (χ3v) is 4.34. The van der Waals surface area contributed by atoms with Crippen LogP contribution in [0.5, 0.6) is 0 Å². The Morgan fingerprint density at radius 1 is 1.29 bits per heavy atom. The van der Waals surface area contributed by atoms with Gasteiger partial charge in [0.15, 0.2) is 0 Å². The molecule has 1 aromatic carbocycles. The molecule has 0 radical (unpaired) electrons. The lowest BCUT2D eigenvalue weighted by Crippen LogP contribution is -2.51. The Hall–Kier alpha value is -2.08. The zero-order valence-corrected chi connectivity index (χ0v) is 11.6. The van der Waals surface area contributed by atoms with Crippen LogP contribution in [0.25, 0.3) is 0 Å². The lowest BCUT2D eigenvalue weighted by molar-refractivity contribution is -0.133. The fourth-order valence-electron chi connectivity index (χ4n) is 3.33. The number of likely N-dealkylation sites (tertiary alicyclic amines) is 1. The maximum atomic E-state index is 12.7. The molecule has 0 aromatic heterocycles. The van der Waals surface area contributed by atoms with Gasteiger partial charge in [0.25, 0.3) is 0 Å². The van der Waals surface area contributed by atoms with Crippen molar-refractivity contribution in [3.8, 4) is 0 Å². The molecule has 3 rings (SSSR count). The number of carbonyl (C=O) groups excluding carboxylic acids is 1. The van der Waals surface area contributed by atoms with Crippen molar-refractivity contribution in [2.75, 3.05) is 18.1 Å². The number of carboxylic acid groups (broad SMARTS) is 1. The van der Waals surface area contributed by atoms with Gasteiger partial charge in [0.2, 0.25) is 5.91 Å². The minimum atomic E-state index is -1.11. The van der Waals surface area contributed by atoms with Crippen LogP contribution in [0.1, 0.15) is 18.4 Å². The number of nitrogens with zero attached hydrogens (tertiary/aromatic N) is 2. The summed E-state index contributed by atoms with van der Waals surface area (Å²) in [4.78, 5) is 27.0. The highest BCUT2D eigenvalue weighted by molar-refractivity contribution is 6.00. The summed E-state index contributed by atoms with van der Waals surface area (Å²) in [5.41, 5.74) is 1.46. The van der Waals surface area contributed by atoms with Gasteiger partial charge in [-0.25, -0.2) is 4.79 Å². The molecule has 0 aliphatic carbocycles. The predicted octanol–water partition coefficient (Wildman–Crippen LogP) is 1.08. The van der Waals surface area contributed by atoms with Gasteiger partial charge in [0.1, 0.15) is 6.04 Å². The number of rotatable bonds is 2. The van der Waals surface area contributed by atoms with Crippen LogP contribution in [0.4, 0.5) is 10.5 Å². The number of hydrogen-bond donors (Lipinski definition) is 2. The van der Waals surface area contributed by atoms with Gasteiger partial charge in [-0.1, -0.05) is 18.2 Å². The smallest absolute Gasteiger partial charge is 0.412 e. The molecule has 112 valence electrons. The average molecular weight is 290 g/mol. The summed E-state index contributed by atoms with van der Waals surface area (Å²) in [5, 5.41) is 18.8. The fraction of sp³-hybridized carbons (Fsp3) is 0.467. The maximum Gasteiger partial charge on any atom is 0.412 e. The minimum Gasteiger partial charge on any atom is -0.465 e. The molecule has 2 amide bonds. The van der Waals surface area contributed by atoms with E-state index in [4.69, 9.17) is 0 Å². The van der Waals surface area contributed by atoms with Crippen molar-refractivity contribution in [3.63, 3.8) is 0 Å². The van der Waals surface area contributed by atoms with Crippen molar-refractivity contribution in [1.82, 2.24) is 4.90 Å². The molecule has 2 unspecified atom stereocenters. The maximum absolute atomic E-state index is 12.7. The van der Waals surface area contributed by atoms with Gasteiger partial charge in [0, 0.05) is 13.0 Å². The van der Waals surface area contributed by atoms with E-state index in [0.29, 0.717) is 18.7 Å². The number of amides is 2. The number of aliphatic hydroxyl groups is 1. The van der Waals surface area contributed by atoms with Gasteiger partial charge in [-0.15, -0.1) is 0 Å². The summed E-state index contributed by atoms with van der Waals surface area (Å²) >= 11 is 0. The number of aliphatic hydroxyl groups excluding tert-OH is 1. The topological polar surface area (TPSA) is 81.1 Å². The Labute approximate surface area is 122 Å². The van der Waals surface area contributed by atoms with Crippen LogP contribution >= 0.6 is 0 Å². The third kappa shape index (κ3) is 2.25. The Morgan fingerprint density at radius 2 is 2.05 bits per heavy atom. The number of hydrogen-bond acceptors (Lipinski definition) is 3. The van der Waals surface area contributed by atoms with Crippen molar-refractivity contribution in [2.24, 2.45) is 0 Å². The highest BCUT2D eigenvalue weighted by atomic mass is 16.4. The molecule has 6 heteroatoms. The molecule has 0 bridgehead atoms. The lowest BCUT2D eigenvalue weighted by Gasteiger charge is -2.29. The average Bonchev–Trinajstić information content (AvgIpc) is 3.10. The molecule has 2 atom stereocenters. The summed E-state index contributed by atoms with van der Waals surface area (Å²) in [6.45, 7) is 0.517. The Bertz CT molecular complexity index is 575. The number of benzene rings is 1. The van der Waals surface area contributed by atoms with Crippen molar-refractivity contribution >= 4 is 17.7 Å². The Balaban J connectivity index is 1.89. The van der Waals surface area contributed by atoms with Crippen LogP contribution in [0.15, 0.2) is 24.3 Å². The van der Waals surface area contributed by atoms with E-state index in [1.165, 1.54) is 0 Å². The second-order valence-corrected chi connectivity index (χ2v) is 5.51. The van der Waals surface area contributed by atoms with Gasteiger partial charge in [-0.2, -0.15) is 0 Å². The van der Waals surface area contributed by atoms with E-state index in [1.807, 2.05) is 12.1 Å². The van der Waals surface area contributed by atoms with Crippen LogP contribution in [0.2, 0.25) is 0 Å². The van der Waals surface area contributed by atoms with Crippen LogP contribution in [-0.4, -0.2) is 52.3 Å². The van der Waals surface area contributed by atoms with E-state index in [0.717, 1.165) is 23.3 Å². The summed E-state index contributed by atoms with van der Waals surface area (Å²) in [6.07, 6.45) is 0.910. The first-order valence-corrected chi connectivity index (χ1v) is 7.15. The molecule has 1 fully saturated rings. The molecule has 2 aliphatic heterocycles. The van der Waals surface area contributed by atoms with Crippen molar-refractivity contribution in [1.29, 1.82) is 0 Å². The quantitative estimate of drug-likeness (QED) is 0.854. The van der Waals surface area contributed by atoms with E-state index in [-0.39, 0.29) is 18.6 Å². The summed E-state index contributed by atoms with van der Waals surface area (Å²) < 4.78 is 0. The minimum absolute atomic E-state index is 0.0710. The summed E-state index contributed by atoms with van der Waals surface area (Å²) in [5.74, 6) is -0.204. The van der Waals surface area contributed by atoms with Gasteiger partial charge in [-0.05, 0) is 24.5 Å². The highest BCUT2D eigenvalue weighted by Gasteiger charge is 2.42. The number of carbonyl (C=O) groups is 2. The second kappa shape index (κ2) is 5.37. The zero-order valence-electron chi connectivity index (χ0n) is 11.6. The Kier molecular flexibility index (Phi) is 3.55. The summed E-state index contributed by atoms with van der Waals surface area (Å²) in [6, 6.07) is 6.30. The first kappa shape index (κ1) is 13.9. The normalized spacial score (nSPS) is 24.2. The van der Waals surface area contributed by atoms with E-state index >= 15 is 0 Å². The van der Waals surface area contributed by atoms with E-state index in [1.54, 1.807) is 17.0 Å². The molecule has 2 aliphatic rings. The molecular weight excluding hydrogens is 272 g/mol. The second-order valence-electron chi connectivity index (χ2n) is 5.51. The lowest BCUT2D eigenvalue weighted by atomic mass is 10.1. The summed E-state index contributed by atoms with van der Waals surface area (Å²) in [7, 11) is 0. The van der Waals surface area contributed by atoms with E-state index < -0.39 is 12.1 Å². The van der Waals surface area contributed by atoms with Gasteiger partial charge in [0.05, 0.1) is 18.3 Å². The highest BCUT2D eigenvalue weighted by Crippen LogP contribution is 2.34. The molecule has 0 saturated carbocycles. The van der Waals surface area contributed by atoms with Crippen LogP contribution in [-0.2, 0) is 11.2 Å². The Morgan fingerprint density at radius 3 is 2.76 bits per heavy atom. The number of para-hydroxylation sites is 1. The SMILES string of the molecule is O=C(C1Cc2ccccc2N1C(=O)O)N1CCCC1CO. The molecule has 0 spiro atoms. The van der Waals surface area contributed by atoms with Crippen LogP contribution < -0.4 is 4.90 Å². The first-order chi connectivity index (χ1) is 10.1. The van der Waals surface area contributed by atoms with E-state index in [9.17, 15) is 19.8 Å². The van der Waals surface area contributed by atoms with E-state index in [2.05, 4.69) is 0 Å². The molecular formula is C15H18N2O4. The molecule has 2 N–H and O–H groups in total. The molecule has 6 nitrogen and oxygen atoms in total. The predicted molar refractivity (Wildman–Crippen MR) is 76.3 cm³/mol. The molecule has 2 heterocycles. The van der Waals surface area contributed by atoms with Crippen LogP contribution in [0, 0.1) is 0 Å². The van der Waals surface area contributed by atoms with Gasteiger partial charge < -0.3 is 15.1 Å². The molecule has 1 saturated heterocycles. The number of anilines is 1. The fourth-order valence-corrected chi connectivity index (χ4v) is 3.33. The van der Waals surface area contributed by atoms with Crippen LogP contribution in [0.3, 0.4) is 0 Å². The third-order valence-electron chi connectivity index (χ3n) is 4.34. The van der Waals surface area contributed by atoms with Crippen molar-refractivity contribution in [3.05, 3.63) is 29.8 Å². The standard InChI is InChI=1S/C15H18N2O4/c18-9-11-5-3-7-16(11)14(19)13-8-10-4-1-2-6-12(10)17(13)15(20)21/h1-2,4,6,11,13,18H,3,5,7-9H2,(H,20,21). The number of fused-ring (bicyclic) bond motifs is 1. The monoisotopic (exact) mass is 290 g/mol. The molecule has 1 aromatic rings. The van der Waals surface area contributed by atoms with Crippen molar-refractivity contribution < 1.29 is 19.8 Å². The van der Waals surface area contributed by atoms with Gasteiger partial charge in [-0.3, -0.25) is 9.69 Å². The van der Waals surface area contributed by atoms with Crippen molar-refractivity contribution in [2.45, 2.75) is 31.3 Å².